The fraction of sp³-hybridized carbons (Fsp3) is 0.333. The van der Waals surface area contributed by atoms with Gasteiger partial charge in [-0.3, -0.25) is 0 Å². The average molecular weight is 287 g/mol. The van der Waals surface area contributed by atoms with Gasteiger partial charge in [-0.25, -0.2) is 4.39 Å². The van der Waals surface area contributed by atoms with E-state index in [0.717, 1.165) is 18.7 Å². The molecular weight excluding hydrogens is 265 g/mol. The molecule has 0 aromatic heterocycles. The molecule has 0 aliphatic rings. The van der Waals surface area contributed by atoms with Crippen molar-refractivity contribution in [1.29, 1.82) is 0 Å². The van der Waals surface area contributed by atoms with E-state index in [9.17, 15) is 4.39 Å². The molecule has 0 amide bonds. The minimum Gasteiger partial charge on any atom is -0.489 e. The Balaban J connectivity index is 1.87. The maximum atomic E-state index is 12.8. The molecule has 112 valence electrons. The van der Waals surface area contributed by atoms with Crippen LogP contribution in [0.1, 0.15) is 25.0 Å². The van der Waals surface area contributed by atoms with E-state index in [1.165, 1.54) is 17.7 Å². The number of halogens is 1. The quantitative estimate of drug-likeness (QED) is 0.826. The zero-order valence-electron chi connectivity index (χ0n) is 12.6. The molecule has 0 spiro atoms. The zero-order valence-corrected chi connectivity index (χ0v) is 12.6. The lowest BCUT2D eigenvalue weighted by atomic mass is 10.1. The molecular formula is C18H22FNO. The third-order valence-electron chi connectivity index (χ3n) is 3.09. The van der Waals surface area contributed by atoms with Crippen molar-refractivity contribution in [3.63, 3.8) is 0 Å². The van der Waals surface area contributed by atoms with Crippen molar-refractivity contribution in [1.82, 2.24) is 5.32 Å². The smallest absolute Gasteiger partial charge is 0.123 e. The molecule has 0 unspecified atom stereocenters. The summed E-state index contributed by atoms with van der Waals surface area (Å²) < 4.78 is 18.5. The molecule has 1 N–H and O–H groups in total. The molecule has 0 saturated carbocycles. The largest absolute Gasteiger partial charge is 0.489 e. The van der Waals surface area contributed by atoms with Gasteiger partial charge in [0.05, 0.1) is 0 Å². The second kappa shape index (κ2) is 7.79. The first-order chi connectivity index (χ1) is 10.1. The van der Waals surface area contributed by atoms with Gasteiger partial charge in [-0.1, -0.05) is 38.1 Å². The van der Waals surface area contributed by atoms with Gasteiger partial charge in [0, 0.05) is 6.54 Å². The summed E-state index contributed by atoms with van der Waals surface area (Å²) in [7, 11) is 0. The molecule has 0 aliphatic carbocycles. The fourth-order valence-electron chi connectivity index (χ4n) is 2.03. The van der Waals surface area contributed by atoms with Gasteiger partial charge in [-0.2, -0.15) is 0 Å². The van der Waals surface area contributed by atoms with Gasteiger partial charge >= 0.3 is 0 Å². The van der Waals surface area contributed by atoms with Gasteiger partial charge in [-0.15, -0.1) is 0 Å². The van der Waals surface area contributed by atoms with Crippen LogP contribution in [0.15, 0.2) is 48.5 Å². The van der Waals surface area contributed by atoms with E-state index < -0.39 is 0 Å². The summed E-state index contributed by atoms with van der Waals surface area (Å²) in [5.74, 6) is 1.08. The Morgan fingerprint density at radius 3 is 2.48 bits per heavy atom. The third kappa shape index (κ3) is 5.56. The average Bonchev–Trinajstić information content (AvgIpc) is 2.47. The Kier molecular flexibility index (Phi) is 5.76. The lowest BCUT2D eigenvalue weighted by Gasteiger charge is -2.10. The molecule has 0 saturated heterocycles. The van der Waals surface area contributed by atoms with Crippen LogP contribution in [-0.4, -0.2) is 6.54 Å². The summed E-state index contributed by atoms with van der Waals surface area (Å²) in [6.45, 7) is 6.75. The van der Waals surface area contributed by atoms with Crippen molar-refractivity contribution >= 4 is 0 Å². The van der Waals surface area contributed by atoms with Crippen molar-refractivity contribution < 1.29 is 9.13 Å². The van der Waals surface area contributed by atoms with Crippen molar-refractivity contribution in [3.8, 4) is 5.75 Å². The van der Waals surface area contributed by atoms with E-state index in [2.05, 4.69) is 31.3 Å². The normalized spacial score (nSPS) is 10.9. The van der Waals surface area contributed by atoms with Crippen LogP contribution in [0.5, 0.6) is 5.75 Å². The Hall–Kier alpha value is -1.87. The predicted octanol–water partition coefficient (Wildman–Crippen LogP) is 4.15. The molecule has 0 heterocycles. The molecule has 21 heavy (non-hydrogen) atoms. The highest BCUT2D eigenvalue weighted by atomic mass is 19.1. The highest BCUT2D eigenvalue weighted by Gasteiger charge is 2.00. The highest BCUT2D eigenvalue weighted by Crippen LogP contribution is 2.14. The van der Waals surface area contributed by atoms with Crippen LogP contribution in [0.25, 0.3) is 0 Å². The lowest BCUT2D eigenvalue weighted by Crippen LogP contribution is -2.19. The van der Waals surface area contributed by atoms with Crippen molar-refractivity contribution in [2.24, 2.45) is 5.92 Å². The topological polar surface area (TPSA) is 21.3 Å². The number of hydrogen-bond donors (Lipinski definition) is 1. The summed E-state index contributed by atoms with van der Waals surface area (Å²) in [6, 6.07) is 14.4. The summed E-state index contributed by atoms with van der Waals surface area (Å²) in [4.78, 5) is 0. The maximum Gasteiger partial charge on any atom is 0.123 e. The van der Waals surface area contributed by atoms with Crippen LogP contribution in [0.2, 0.25) is 0 Å². The second-order valence-corrected chi connectivity index (χ2v) is 5.59. The number of nitrogens with one attached hydrogen (secondary N) is 1. The molecule has 0 bridgehead atoms. The highest BCUT2D eigenvalue weighted by molar-refractivity contribution is 5.25. The first-order valence-corrected chi connectivity index (χ1v) is 7.30. The van der Waals surface area contributed by atoms with Crippen molar-refractivity contribution in [3.05, 3.63) is 65.5 Å². The Bertz CT molecular complexity index is 551. The Morgan fingerprint density at radius 1 is 1.05 bits per heavy atom. The van der Waals surface area contributed by atoms with Crippen molar-refractivity contribution in [2.45, 2.75) is 27.0 Å². The van der Waals surface area contributed by atoms with Gasteiger partial charge in [-0.05, 0) is 47.9 Å². The molecule has 2 rings (SSSR count). The third-order valence-corrected chi connectivity index (χ3v) is 3.09. The van der Waals surface area contributed by atoms with Crippen LogP contribution < -0.4 is 10.1 Å². The monoisotopic (exact) mass is 287 g/mol. The van der Waals surface area contributed by atoms with Gasteiger partial charge < -0.3 is 10.1 Å². The van der Waals surface area contributed by atoms with E-state index in [-0.39, 0.29) is 5.82 Å². The molecule has 0 radical (unpaired) electrons. The molecule has 2 nitrogen and oxygen atoms in total. The zero-order chi connectivity index (χ0) is 15.1. The minimum absolute atomic E-state index is 0.249. The Labute approximate surface area is 126 Å². The molecule has 0 aliphatic heterocycles. The van der Waals surface area contributed by atoms with Crippen LogP contribution in [-0.2, 0) is 13.2 Å². The summed E-state index contributed by atoms with van der Waals surface area (Å²) in [5.41, 5.74) is 2.36. The maximum absolute atomic E-state index is 12.8. The van der Waals surface area contributed by atoms with Gasteiger partial charge in [0.2, 0.25) is 0 Å². The molecule has 2 aromatic rings. The molecule has 3 heteroatoms. The first-order valence-electron chi connectivity index (χ1n) is 7.30. The van der Waals surface area contributed by atoms with Crippen LogP contribution in [0, 0.1) is 11.7 Å². The SMILES string of the molecule is CC(C)CNCc1cccc(COc2ccc(F)cc2)c1. The lowest BCUT2D eigenvalue weighted by molar-refractivity contribution is 0.305. The van der Waals surface area contributed by atoms with E-state index in [4.69, 9.17) is 4.74 Å². The standard InChI is InChI=1S/C18H22FNO/c1-14(2)11-20-12-15-4-3-5-16(10-15)13-21-18-8-6-17(19)7-9-18/h3-10,14,20H,11-13H2,1-2H3. The fourth-order valence-corrected chi connectivity index (χ4v) is 2.03. The van der Waals surface area contributed by atoms with E-state index in [0.29, 0.717) is 18.3 Å². The summed E-state index contributed by atoms with van der Waals surface area (Å²) >= 11 is 0. The first kappa shape index (κ1) is 15.5. The number of rotatable bonds is 7. The minimum atomic E-state index is -0.249. The van der Waals surface area contributed by atoms with Crippen LogP contribution in [0.3, 0.4) is 0 Å². The van der Waals surface area contributed by atoms with Gasteiger partial charge in [0.1, 0.15) is 18.2 Å². The molecule has 2 aromatic carbocycles. The Morgan fingerprint density at radius 2 is 1.76 bits per heavy atom. The van der Waals surface area contributed by atoms with Crippen LogP contribution >= 0.6 is 0 Å². The van der Waals surface area contributed by atoms with Crippen LogP contribution in [0.4, 0.5) is 4.39 Å². The summed E-state index contributed by atoms with van der Waals surface area (Å²) in [5, 5.41) is 3.43. The number of ether oxygens (including phenoxy) is 1. The van der Waals surface area contributed by atoms with E-state index in [1.807, 2.05) is 12.1 Å². The second-order valence-electron chi connectivity index (χ2n) is 5.59. The number of benzene rings is 2. The van der Waals surface area contributed by atoms with Gasteiger partial charge in [0.15, 0.2) is 0 Å². The number of hydrogen-bond acceptors (Lipinski definition) is 2. The van der Waals surface area contributed by atoms with E-state index >= 15 is 0 Å². The van der Waals surface area contributed by atoms with E-state index in [1.54, 1.807) is 12.1 Å². The molecule has 0 fully saturated rings. The predicted molar refractivity (Wildman–Crippen MR) is 83.7 cm³/mol. The van der Waals surface area contributed by atoms with Crippen molar-refractivity contribution in [2.75, 3.05) is 6.54 Å². The molecule has 0 atom stereocenters. The summed E-state index contributed by atoms with van der Waals surface area (Å²) in [6.07, 6.45) is 0. The van der Waals surface area contributed by atoms with Gasteiger partial charge in [0.25, 0.3) is 0 Å².